The Morgan fingerprint density at radius 1 is 1.19 bits per heavy atom. The van der Waals surface area contributed by atoms with E-state index >= 15 is 0 Å². The number of nitrogens with zero attached hydrogens (tertiary/aromatic N) is 1. The van der Waals surface area contributed by atoms with Crippen molar-refractivity contribution in [2.75, 3.05) is 0 Å². The molecule has 1 amide bonds. The highest BCUT2D eigenvalue weighted by molar-refractivity contribution is 8.00. The molecule has 0 heterocycles. The fourth-order valence-electron chi connectivity index (χ4n) is 2.63. The fourth-order valence-corrected chi connectivity index (χ4v) is 3.50. The zero-order chi connectivity index (χ0) is 20.0. The molecule has 2 rings (SSSR count). The quantitative estimate of drug-likeness (QED) is 0.406. The first-order valence-corrected chi connectivity index (χ1v) is 9.20. The number of hydrogen-bond acceptors (Lipinski definition) is 5. The van der Waals surface area contributed by atoms with Crippen LogP contribution in [0.15, 0.2) is 59.5 Å². The summed E-state index contributed by atoms with van der Waals surface area (Å²) in [7, 11) is 0. The molecule has 142 valence electrons. The van der Waals surface area contributed by atoms with E-state index in [0.717, 1.165) is 0 Å². The molecule has 0 aliphatic carbocycles. The van der Waals surface area contributed by atoms with Gasteiger partial charge in [-0.05, 0) is 31.0 Å². The molecule has 0 aliphatic rings. The van der Waals surface area contributed by atoms with Crippen LogP contribution in [0.4, 0.5) is 5.69 Å². The van der Waals surface area contributed by atoms with E-state index in [2.05, 4.69) is 5.32 Å². The molecule has 0 bridgehead atoms. The maximum atomic E-state index is 12.7. The number of non-ortho nitro benzene ring substituents is 1. The minimum Gasteiger partial charge on any atom is -0.479 e. The maximum Gasteiger partial charge on any atom is 0.334 e. The predicted octanol–water partition coefficient (Wildman–Crippen LogP) is 3.58. The van der Waals surface area contributed by atoms with Crippen molar-refractivity contribution in [3.8, 4) is 0 Å². The first-order chi connectivity index (χ1) is 12.8. The molecule has 27 heavy (non-hydrogen) atoms. The van der Waals surface area contributed by atoms with Gasteiger partial charge in [0.25, 0.3) is 5.69 Å². The van der Waals surface area contributed by atoms with E-state index in [4.69, 9.17) is 0 Å². The largest absolute Gasteiger partial charge is 0.479 e. The average Bonchev–Trinajstić information content (AvgIpc) is 2.66. The van der Waals surface area contributed by atoms with Gasteiger partial charge < -0.3 is 10.4 Å². The minimum atomic E-state index is -1.51. The van der Waals surface area contributed by atoms with Gasteiger partial charge >= 0.3 is 5.97 Å². The highest BCUT2D eigenvalue weighted by atomic mass is 32.2. The van der Waals surface area contributed by atoms with Crippen molar-refractivity contribution < 1.29 is 19.6 Å². The highest BCUT2D eigenvalue weighted by Crippen LogP contribution is 2.29. The number of benzene rings is 2. The Labute approximate surface area is 160 Å². The predicted molar refractivity (Wildman–Crippen MR) is 103 cm³/mol. The van der Waals surface area contributed by atoms with E-state index in [1.165, 1.54) is 23.9 Å². The lowest BCUT2D eigenvalue weighted by Gasteiger charge is -2.31. The summed E-state index contributed by atoms with van der Waals surface area (Å²) in [5.74, 6) is -1.55. The molecular weight excluding hydrogens is 368 g/mol. The Morgan fingerprint density at radius 3 is 2.26 bits per heavy atom. The molecule has 8 heteroatoms. The van der Waals surface area contributed by atoms with E-state index in [0.29, 0.717) is 10.5 Å². The minimum absolute atomic E-state index is 0.0311. The molecule has 2 atom stereocenters. The molecule has 0 radical (unpaired) electrons. The lowest BCUT2D eigenvalue weighted by molar-refractivity contribution is -0.384. The highest BCUT2D eigenvalue weighted by Gasteiger charge is 2.41. The zero-order valence-corrected chi connectivity index (χ0v) is 15.7. The fraction of sp³-hybridized carbons (Fsp3) is 0.263. The number of carboxylic acid groups (broad SMARTS) is 1. The van der Waals surface area contributed by atoms with Crippen molar-refractivity contribution in [3.63, 3.8) is 0 Å². The van der Waals surface area contributed by atoms with Crippen LogP contribution in [0.5, 0.6) is 0 Å². The van der Waals surface area contributed by atoms with Crippen LogP contribution >= 0.6 is 11.8 Å². The number of carbonyl (C=O) groups is 2. The molecule has 0 aliphatic heterocycles. The standard InChI is InChI=1S/C19H20N2O5S/c1-3-19(18(23)24,14-7-5-4-6-8-14)20-17(22)13(2)27-16-11-9-15(10-12-16)21(25)26/h4-13H,3H2,1-2H3,(H,20,22)(H,23,24). The molecule has 2 aromatic carbocycles. The smallest absolute Gasteiger partial charge is 0.334 e. The molecule has 2 N–H and O–H groups in total. The number of amides is 1. The number of carboxylic acids is 1. The van der Waals surface area contributed by atoms with Gasteiger partial charge in [0.05, 0.1) is 10.2 Å². The first kappa shape index (κ1) is 20.4. The number of aliphatic carboxylic acids is 1. The van der Waals surface area contributed by atoms with Crippen LogP contribution in [-0.2, 0) is 15.1 Å². The molecule has 7 nitrogen and oxygen atoms in total. The Hall–Kier alpha value is -2.87. The summed E-state index contributed by atoms with van der Waals surface area (Å²) in [5, 5.41) is 22.6. The van der Waals surface area contributed by atoms with Crippen LogP contribution < -0.4 is 5.32 Å². The van der Waals surface area contributed by atoms with Crippen LogP contribution in [0.25, 0.3) is 0 Å². The van der Waals surface area contributed by atoms with Gasteiger partial charge in [-0.15, -0.1) is 11.8 Å². The maximum absolute atomic E-state index is 12.7. The lowest BCUT2D eigenvalue weighted by atomic mass is 9.87. The van der Waals surface area contributed by atoms with E-state index < -0.39 is 27.6 Å². The van der Waals surface area contributed by atoms with E-state index in [9.17, 15) is 24.8 Å². The summed E-state index contributed by atoms with van der Waals surface area (Å²) >= 11 is 1.20. The van der Waals surface area contributed by atoms with Gasteiger partial charge in [-0.1, -0.05) is 37.3 Å². The van der Waals surface area contributed by atoms with Gasteiger partial charge in [0.1, 0.15) is 0 Å². The first-order valence-electron chi connectivity index (χ1n) is 8.32. The monoisotopic (exact) mass is 388 g/mol. The zero-order valence-electron chi connectivity index (χ0n) is 14.9. The van der Waals surface area contributed by atoms with Gasteiger partial charge in [-0.2, -0.15) is 0 Å². The average molecular weight is 388 g/mol. The van der Waals surface area contributed by atoms with Gasteiger partial charge in [0, 0.05) is 17.0 Å². The van der Waals surface area contributed by atoms with Crippen LogP contribution in [-0.4, -0.2) is 27.2 Å². The summed E-state index contributed by atoms with van der Waals surface area (Å²) in [4.78, 5) is 35.6. The normalized spacial score (nSPS) is 14.0. The molecular formula is C19H20N2O5S. The number of rotatable bonds is 8. The number of nitro groups is 1. The molecule has 2 unspecified atom stereocenters. The summed E-state index contributed by atoms with van der Waals surface area (Å²) in [6, 6.07) is 14.4. The number of nitrogens with one attached hydrogen (secondary N) is 1. The number of hydrogen-bond donors (Lipinski definition) is 2. The van der Waals surface area contributed by atoms with Crippen LogP contribution in [0.3, 0.4) is 0 Å². The summed E-state index contributed by atoms with van der Waals surface area (Å²) in [6.45, 7) is 3.37. The SMILES string of the molecule is CCC(NC(=O)C(C)Sc1ccc([N+](=O)[O-])cc1)(C(=O)O)c1ccccc1. The molecule has 0 fully saturated rings. The van der Waals surface area contributed by atoms with Gasteiger partial charge in [0.15, 0.2) is 5.54 Å². The van der Waals surface area contributed by atoms with Crippen molar-refractivity contribution >= 4 is 29.3 Å². The lowest BCUT2D eigenvalue weighted by Crippen LogP contribution is -2.53. The second-order valence-corrected chi connectivity index (χ2v) is 7.34. The van der Waals surface area contributed by atoms with E-state index in [-0.39, 0.29) is 12.1 Å². The molecule has 0 saturated carbocycles. The van der Waals surface area contributed by atoms with Crippen LogP contribution in [0.1, 0.15) is 25.8 Å². The third-order valence-electron chi connectivity index (χ3n) is 4.23. The number of thioether (sulfide) groups is 1. The molecule has 0 saturated heterocycles. The summed E-state index contributed by atoms with van der Waals surface area (Å²) in [5.41, 5.74) is -1.04. The van der Waals surface area contributed by atoms with Crippen molar-refractivity contribution in [1.29, 1.82) is 0 Å². The Kier molecular flexibility index (Phi) is 6.57. The third kappa shape index (κ3) is 4.65. The van der Waals surface area contributed by atoms with Crippen LogP contribution in [0, 0.1) is 10.1 Å². The number of carbonyl (C=O) groups excluding carboxylic acids is 1. The summed E-state index contributed by atoms with van der Waals surface area (Å²) in [6.07, 6.45) is 0.188. The molecule has 0 spiro atoms. The second kappa shape index (κ2) is 8.68. The number of nitro benzene ring substituents is 1. The van der Waals surface area contributed by atoms with Gasteiger partial charge in [0.2, 0.25) is 5.91 Å². The second-order valence-electron chi connectivity index (χ2n) is 5.93. The topological polar surface area (TPSA) is 110 Å². The van der Waals surface area contributed by atoms with Crippen LogP contribution in [0.2, 0.25) is 0 Å². The Morgan fingerprint density at radius 2 is 1.78 bits per heavy atom. The third-order valence-corrected chi connectivity index (χ3v) is 5.34. The van der Waals surface area contributed by atoms with E-state index in [1.807, 2.05) is 0 Å². The van der Waals surface area contributed by atoms with Crippen molar-refractivity contribution in [2.45, 2.75) is 36.0 Å². The summed E-state index contributed by atoms with van der Waals surface area (Å²) < 4.78 is 0. The van der Waals surface area contributed by atoms with Gasteiger partial charge in [-0.3, -0.25) is 14.9 Å². The van der Waals surface area contributed by atoms with Gasteiger partial charge in [-0.25, -0.2) is 4.79 Å². The Bertz CT molecular complexity index is 826. The van der Waals surface area contributed by atoms with Crippen molar-refractivity contribution in [1.82, 2.24) is 5.32 Å². The van der Waals surface area contributed by atoms with Crippen molar-refractivity contribution in [2.24, 2.45) is 0 Å². The molecule has 0 aromatic heterocycles. The van der Waals surface area contributed by atoms with Crippen molar-refractivity contribution in [3.05, 3.63) is 70.3 Å². The molecule has 2 aromatic rings. The Balaban J connectivity index is 2.17. The van der Waals surface area contributed by atoms with E-state index in [1.54, 1.807) is 56.3 Å².